The second-order valence-corrected chi connectivity index (χ2v) is 10.7. The molecule has 1 saturated heterocycles. The second-order valence-electron chi connectivity index (χ2n) is 7.53. The van der Waals surface area contributed by atoms with Crippen LogP contribution >= 0.6 is 47.8 Å². The summed E-state index contributed by atoms with van der Waals surface area (Å²) >= 11 is 10.5. The van der Waals surface area contributed by atoms with Crippen LogP contribution in [0.5, 0.6) is 0 Å². The molecule has 4 atom stereocenters. The number of carbonyl (C=O) groups excluding carboxylic acids is 4. The fourth-order valence-corrected chi connectivity index (χ4v) is 5.42. The summed E-state index contributed by atoms with van der Waals surface area (Å²) in [7, 11) is 0. The normalized spacial score (nSPS) is 25.8. The Morgan fingerprint density at radius 3 is 2.20 bits per heavy atom. The van der Waals surface area contributed by atoms with Gasteiger partial charge < -0.3 is 10.1 Å². The van der Waals surface area contributed by atoms with Crippen LogP contribution in [0.1, 0.15) is 24.0 Å². The van der Waals surface area contributed by atoms with E-state index in [4.69, 9.17) is 4.74 Å². The van der Waals surface area contributed by atoms with Gasteiger partial charge in [0.25, 0.3) is 5.91 Å². The number of nitrogens with zero attached hydrogens (tertiary/aromatic N) is 1. The highest BCUT2D eigenvalue weighted by molar-refractivity contribution is 9.12. The Morgan fingerprint density at radius 1 is 1.07 bits per heavy atom. The maximum Gasteiger partial charge on any atom is 0.326 e. The molecule has 1 aromatic rings. The lowest BCUT2D eigenvalue weighted by molar-refractivity contribution is -0.154. The Bertz CT molecular complexity index is 879. The van der Waals surface area contributed by atoms with Crippen molar-refractivity contribution in [2.24, 2.45) is 11.8 Å². The van der Waals surface area contributed by atoms with E-state index >= 15 is 0 Å². The molecule has 10 heteroatoms. The monoisotopic (exact) mass is 606 g/mol. The molecule has 1 aliphatic carbocycles. The van der Waals surface area contributed by atoms with Crippen molar-refractivity contribution in [3.05, 3.63) is 27.7 Å². The van der Waals surface area contributed by atoms with E-state index in [0.29, 0.717) is 18.5 Å². The molecule has 7 nitrogen and oxygen atoms in total. The van der Waals surface area contributed by atoms with Crippen molar-refractivity contribution in [2.45, 2.75) is 36.3 Å². The van der Waals surface area contributed by atoms with Crippen LogP contribution in [0.2, 0.25) is 0 Å². The summed E-state index contributed by atoms with van der Waals surface area (Å²) in [5.41, 5.74) is 2.52. The summed E-state index contributed by atoms with van der Waals surface area (Å²) in [6, 6.07) is 3.58. The summed E-state index contributed by atoms with van der Waals surface area (Å²) in [6.07, 6.45) is 1.07. The molecule has 1 aliphatic heterocycles. The molecule has 0 aromatic heterocycles. The minimum absolute atomic E-state index is 0.0943. The zero-order valence-corrected chi connectivity index (χ0v) is 21.2. The molecule has 2 fully saturated rings. The maximum absolute atomic E-state index is 12.6. The van der Waals surface area contributed by atoms with Crippen LogP contribution in [0.3, 0.4) is 0 Å². The van der Waals surface area contributed by atoms with Crippen LogP contribution in [-0.4, -0.2) is 51.4 Å². The highest BCUT2D eigenvalue weighted by Crippen LogP contribution is 2.43. The smallest absolute Gasteiger partial charge is 0.326 e. The van der Waals surface area contributed by atoms with Gasteiger partial charge in [-0.3, -0.25) is 24.1 Å². The minimum atomic E-state index is -0.792. The molecular weight excluding hydrogens is 588 g/mol. The van der Waals surface area contributed by atoms with Gasteiger partial charge >= 0.3 is 5.97 Å². The van der Waals surface area contributed by atoms with Gasteiger partial charge in [0.05, 0.1) is 11.8 Å². The van der Waals surface area contributed by atoms with Crippen molar-refractivity contribution in [2.75, 3.05) is 18.5 Å². The van der Waals surface area contributed by atoms with Gasteiger partial charge in [0.2, 0.25) is 11.8 Å². The molecule has 1 aromatic carbocycles. The standard InChI is InChI=1S/C20H21Br3N2O5/c1-9-10(2)16(4-3-13(9)21)24-17(26)8-30-18(27)7-25-19(28)11-5-14(22)15(23)6-12(11)20(25)29/h3-4,11-12,14-15H,5-8H2,1-2H3,(H,24,26)/t11-,12+,14+,15-. The largest absolute Gasteiger partial charge is 0.454 e. The number of anilines is 1. The van der Waals surface area contributed by atoms with Crippen molar-refractivity contribution in [1.82, 2.24) is 4.90 Å². The number of hydrogen-bond donors (Lipinski definition) is 1. The number of nitrogens with one attached hydrogen (secondary N) is 1. The molecule has 3 rings (SSSR count). The molecule has 0 spiro atoms. The van der Waals surface area contributed by atoms with Gasteiger partial charge in [0.1, 0.15) is 6.54 Å². The van der Waals surface area contributed by atoms with Crippen molar-refractivity contribution in [3.63, 3.8) is 0 Å². The Morgan fingerprint density at radius 2 is 1.63 bits per heavy atom. The number of alkyl halides is 2. The lowest BCUT2D eigenvalue weighted by atomic mass is 9.81. The van der Waals surface area contributed by atoms with Crippen LogP contribution < -0.4 is 5.32 Å². The van der Waals surface area contributed by atoms with Gasteiger partial charge in [-0.05, 0) is 49.9 Å². The van der Waals surface area contributed by atoms with Crippen molar-refractivity contribution < 1.29 is 23.9 Å². The fraction of sp³-hybridized carbons (Fsp3) is 0.500. The van der Waals surface area contributed by atoms with E-state index < -0.39 is 36.9 Å². The number of imide groups is 1. The van der Waals surface area contributed by atoms with Gasteiger partial charge in [0, 0.05) is 19.8 Å². The van der Waals surface area contributed by atoms with Crippen LogP contribution in [0.15, 0.2) is 16.6 Å². The molecular formula is C20H21Br3N2O5. The number of ether oxygens (including phenoxy) is 1. The molecule has 0 unspecified atom stereocenters. The summed E-state index contributed by atoms with van der Waals surface area (Å²) in [6.45, 7) is 2.82. The molecule has 3 amide bonds. The Labute approximate surface area is 199 Å². The first kappa shape index (κ1) is 23.4. The Balaban J connectivity index is 1.53. The third-order valence-electron chi connectivity index (χ3n) is 5.65. The minimum Gasteiger partial charge on any atom is -0.454 e. The predicted molar refractivity (Wildman–Crippen MR) is 122 cm³/mol. The number of carbonyl (C=O) groups is 4. The zero-order valence-electron chi connectivity index (χ0n) is 16.4. The van der Waals surface area contributed by atoms with Crippen LogP contribution in [0.4, 0.5) is 5.69 Å². The molecule has 2 aliphatic rings. The number of amides is 3. The van der Waals surface area contributed by atoms with Gasteiger partial charge in [-0.2, -0.15) is 0 Å². The van der Waals surface area contributed by atoms with E-state index in [-0.39, 0.29) is 21.5 Å². The number of rotatable bonds is 5. The Hall–Kier alpha value is -1.26. The summed E-state index contributed by atoms with van der Waals surface area (Å²) < 4.78 is 5.93. The third-order valence-corrected chi connectivity index (χ3v) is 9.24. The number of benzene rings is 1. The topological polar surface area (TPSA) is 92.8 Å². The molecule has 30 heavy (non-hydrogen) atoms. The van der Waals surface area contributed by atoms with E-state index in [1.165, 1.54) is 0 Å². The van der Waals surface area contributed by atoms with E-state index in [1.807, 2.05) is 19.9 Å². The average molecular weight is 609 g/mol. The predicted octanol–water partition coefficient (Wildman–Crippen LogP) is 3.47. The number of likely N-dealkylation sites (tertiary alicyclic amines) is 1. The molecule has 1 N–H and O–H groups in total. The number of hydrogen-bond acceptors (Lipinski definition) is 5. The van der Waals surface area contributed by atoms with E-state index in [2.05, 4.69) is 53.1 Å². The first-order chi connectivity index (χ1) is 14.1. The zero-order chi connectivity index (χ0) is 22.2. The highest BCUT2D eigenvalue weighted by atomic mass is 79.9. The molecule has 0 bridgehead atoms. The first-order valence-corrected chi connectivity index (χ1v) is 12.1. The SMILES string of the molecule is Cc1c(Br)ccc(NC(=O)COC(=O)CN2C(=O)[C@H]3C[C@@H](Br)[C@@H](Br)C[C@H]3C2=O)c1C. The molecule has 1 heterocycles. The fourth-order valence-electron chi connectivity index (χ4n) is 3.75. The summed E-state index contributed by atoms with van der Waals surface area (Å²) in [5, 5.41) is 2.70. The van der Waals surface area contributed by atoms with E-state index in [1.54, 1.807) is 6.07 Å². The summed E-state index contributed by atoms with van der Waals surface area (Å²) in [5.74, 6) is -2.83. The van der Waals surface area contributed by atoms with Crippen molar-refractivity contribution >= 4 is 77.2 Å². The number of fused-ring (bicyclic) bond motifs is 1. The lowest BCUT2D eigenvalue weighted by Crippen LogP contribution is -2.37. The lowest BCUT2D eigenvalue weighted by Gasteiger charge is -2.29. The van der Waals surface area contributed by atoms with Crippen LogP contribution in [0.25, 0.3) is 0 Å². The average Bonchev–Trinajstić information content (AvgIpc) is 2.92. The summed E-state index contributed by atoms with van der Waals surface area (Å²) in [4.78, 5) is 50.7. The van der Waals surface area contributed by atoms with Gasteiger partial charge in [-0.15, -0.1) is 0 Å². The van der Waals surface area contributed by atoms with Gasteiger partial charge in [-0.25, -0.2) is 0 Å². The van der Waals surface area contributed by atoms with E-state index in [0.717, 1.165) is 20.5 Å². The second kappa shape index (κ2) is 9.48. The molecule has 162 valence electrons. The number of esters is 1. The van der Waals surface area contributed by atoms with Crippen molar-refractivity contribution in [3.8, 4) is 0 Å². The quantitative estimate of drug-likeness (QED) is 0.314. The highest BCUT2D eigenvalue weighted by Gasteiger charge is 2.52. The van der Waals surface area contributed by atoms with Crippen molar-refractivity contribution in [1.29, 1.82) is 0 Å². The Kier molecular flexibility index (Phi) is 7.40. The van der Waals surface area contributed by atoms with E-state index in [9.17, 15) is 19.2 Å². The molecule has 0 radical (unpaired) electrons. The molecule has 1 saturated carbocycles. The first-order valence-electron chi connectivity index (χ1n) is 9.44. The third kappa shape index (κ3) is 4.80. The van der Waals surface area contributed by atoms with Gasteiger partial charge in [0.15, 0.2) is 6.61 Å². The maximum atomic E-state index is 12.6. The van der Waals surface area contributed by atoms with Crippen LogP contribution in [0, 0.1) is 25.7 Å². The van der Waals surface area contributed by atoms with Gasteiger partial charge in [-0.1, -0.05) is 47.8 Å². The number of halogens is 3. The van der Waals surface area contributed by atoms with Crippen LogP contribution in [-0.2, 0) is 23.9 Å².